The minimum Gasteiger partial charge on any atom is -0.465 e. The lowest BCUT2D eigenvalue weighted by molar-refractivity contribution is 0.0600. The molecule has 2 aromatic rings. The lowest BCUT2D eigenvalue weighted by Gasteiger charge is -2.06. The molecule has 0 saturated heterocycles. The average molecular weight is 277 g/mol. The highest BCUT2D eigenvalue weighted by Gasteiger charge is 2.09. The largest absolute Gasteiger partial charge is 0.465 e. The maximum atomic E-state index is 11.3. The van der Waals surface area contributed by atoms with Crippen LogP contribution in [0.4, 0.5) is 5.69 Å². The van der Waals surface area contributed by atoms with Crippen LogP contribution >= 0.6 is 11.8 Å². The Labute approximate surface area is 113 Å². The SMILES string of the molecule is COC(=O)c1ccc(Sc2nccc(=O)[nH]2)c(N)c1. The number of hydrogen-bond acceptors (Lipinski definition) is 6. The summed E-state index contributed by atoms with van der Waals surface area (Å²) in [4.78, 5) is 29.8. The molecule has 3 N–H and O–H groups in total. The van der Waals surface area contributed by atoms with Gasteiger partial charge in [-0.25, -0.2) is 9.78 Å². The van der Waals surface area contributed by atoms with E-state index in [1.807, 2.05) is 0 Å². The predicted octanol–water partition coefficient (Wildman–Crippen LogP) is 1.29. The van der Waals surface area contributed by atoms with Crippen LogP contribution in [0.1, 0.15) is 10.4 Å². The van der Waals surface area contributed by atoms with Gasteiger partial charge in [-0.05, 0) is 30.0 Å². The number of methoxy groups -OCH3 is 1. The van der Waals surface area contributed by atoms with Gasteiger partial charge in [-0.2, -0.15) is 0 Å². The van der Waals surface area contributed by atoms with Gasteiger partial charge >= 0.3 is 5.97 Å². The normalized spacial score (nSPS) is 10.2. The van der Waals surface area contributed by atoms with Gasteiger partial charge in [0, 0.05) is 22.8 Å². The molecule has 7 heteroatoms. The molecule has 0 atom stereocenters. The summed E-state index contributed by atoms with van der Waals surface area (Å²) in [5.41, 5.74) is 6.41. The van der Waals surface area contributed by atoms with Gasteiger partial charge in [-0.1, -0.05) is 0 Å². The molecule has 6 nitrogen and oxygen atoms in total. The van der Waals surface area contributed by atoms with E-state index in [0.29, 0.717) is 21.3 Å². The van der Waals surface area contributed by atoms with Crippen LogP contribution in [-0.4, -0.2) is 23.0 Å². The van der Waals surface area contributed by atoms with Crippen molar-refractivity contribution in [3.8, 4) is 0 Å². The Morgan fingerprint density at radius 3 is 2.84 bits per heavy atom. The second-order valence-corrected chi connectivity index (χ2v) is 4.62. The number of nitrogens with zero attached hydrogens (tertiary/aromatic N) is 1. The molecule has 1 aromatic carbocycles. The maximum absolute atomic E-state index is 11.3. The summed E-state index contributed by atoms with van der Waals surface area (Å²) >= 11 is 1.21. The molecule has 19 heavy (non-hydrogen) atoms. The Morgan fingerprint density at radius 1 is 1.42 bits per heavy atom. The highest BCUT2D eigenvalue weighted by Crippen LogP contribution is 2.29. The van der Waals surface area contributed by atoms with E-state index in [2.05, 4.69) is 14.7 Å². The first-order chi connectivity index (χ1) is 9.10. The van der Waals surface area contributed by atoms with Gasteiger partial charge in [0.25, 0.3) is 5.56 Å². The first kappa shape index (κ1) is 13.2. The topological polar surface area (TPSA) is 98.1 Å². The number of ether oxygens (including phenoxy) is 1. The first-order valence-electron chi connectivity index (χ1n) is 5.31. The molecule has 1 heterocycles. The van der Waals surface area contributed by atoms with Crippen LogP contribution in [0.3, 0.4) is 0 Å². The standard InChI is InChI=1S/C12H11N3O3S/c1-18-11(17)7-2-3-9(8(13)6-7)19-12-14-5-4-10(16)15-12/h2-6H,13H2,1H3,(H,14,15,16). The Hall–Kier alpha value is -2.28. The fourth-order valence-electron chi connectivity index (χ4n) is 1.39. The highest BCUT2D eigenvalue weighted by molar-refractivity contribution is 7.99. The maximum Gasteiger partial charge on any atom is 0.337 e. The Kier molecular flexibility index (Phi) is 3.86. The number of benzene rings is 1. The summed E-state index contributed by atoms with van der Waals surface area (Å²) in [6.45, 7) is 0. The van der Waals surface area contributed by atoms with Crippen molar-refractivity contribution in [2.24, 2.45) is 0 Å². The molecule has 0 aliphatic carbocycles. The number of carbonyl (C=O) groups excluding carboxylic acids is 1. The number of aromatic nitrogens is 2. The summed E-state index contributed by atoms with van der Waals surface area (Å²) in [5, 5.41) is 0.435. The molecule has 98 valence electrons. The minimum atomic E-state index is -0.450. The molecule has 1 aromatic heterocycles. The van der Waals surface area contributed by atoms with Crippen molar-refractivity contribution >= 4 is 23.4 Å². The Bertz CT molecular complexity index is 669. The van der Waals surface area contributed by atoms with Crippen molar-refractivity contribution in [2.75, 3.05) is 12.8 Å². The summed E-state index contributed by atoms with van der Waals surface area (Å²) in [5.74, 6) is -0.450. The zero-order valence-corrected chi connectivity index (χ0v) is 10.9. The zero-order valence-electron chi connectivity index (χ0n) is 10.0. The Morgan fingerprint density at radius 2 is 2.21 bits per heavy atom. The molecular weight excluding hydrogens is 266 g/mol. The summed E-state index contributed by atoms with van der Waals surface area (Å²) in [6, 6.07) is 6.13. The van der Waals surface area contributed by atoms with Gasteiger partial charge in [0.2, 0.25) is 0 Å². The van der Waals surface area contributed by atoms with Gasteiger partial charge in [0.1, 0.15) is 0 Å². The van der Waals surface area contributed by atoms with Crippen molar-refractivity contribution in [2.45, 2.75) is 10.1 Å². The second kappa shape index (κ2) is 5.57. The van der Waals surface area contributed by atoms with Crippen molar-refractivity contribution in [3.05, 3.63) is 46.4 Å². The van der Waals surface area contributed by atoms with Crippen LogP contribution < -0.4 is 11.3 Å². The highest BCUT2D eigenvalue weighted by atomic mass is 32.2. The van der Waals surface area contributed by atoms with E-state index in [1.54, 1.807) is 12.1 Å². The fourth-order valence-corrected chi connectivity index (χ4v) is 2.18. The van der Waals surface area contributed by atoms with Crippen molar-refractivity contribution in [1.29, 1.82) is 0 Å². The number of nitrogens with two attached hydrogens (primary N) is 1. The third-order valence-corrected chi connectivity index (χ3v) is 3.28. The molecule has 0 fully saturated rings. The molecule has 0 spiro atoms. The van der Waals surface area contributed by atoms with Crippen molar-refractivity contribution in [3.63, 3.8) is 0 Å². The van der Waals surface area contributed by atoms with Crippen LogP contribution in [-0.2, 0) is 4.74 Å². The number of anilines is 1. The second-order valence-electron chi connectivity index (χ2n) is 3.59. The van der Waals surface area contributed by atoms with Gasteiger partial charge in [0.05, 0.1) is 12.7 Å². The molecule has 0 unspecified atom stereocenters. The van der Waals surface area contributed by atoms with Crippen molar-refractivity contribution in [1.82, 2.24) is 9.97 Å². The average Bonchev–Trinajstić information content (AvgIpc) is 2.40. The molecule has 0 aliphatic heterocycles. The Balaban J connectivity index is 2.27. The number of hydrogen-bond donors (Lipinski definition) is 2. The lowest BCUT2D eigenvalue weighted by Crippen LogP contribution is -2.05. The smallest absolute Gasteiger partial charge is 0.337 e. The summed E-state index contributed by atoms with van der Waals surface area (Å²) < 4.78 is 4.60. The number of rotatable bonds is 3. The fraction of sp³-hybridized carbons (Fsp3) is 0.0833. The number of nitrogens with one attached hydrogen (secondary N) is 1. The lowest BCUT2D eigenvalue weighted by atomic mass is 10.2. The number of esters is 1. The third kappa shape index (κ3) is 3.14. The van der Waals surface area contributed by atoms with E-state index in [9.17, 15) is 9.59 Å². The van der Waals surface area contributed by atoms with Crippen LogP contribution in [0.15, 0.2) is 45.3 Å². The van der Waals surface area contributed by atoms with E-state index in [-0.39, 0.29) is 5.56 Å². The summed E-state index contributed by atoms with van der Waals surface area (Å²) in [7, 11) is 1.31. The summed E-state index contributed by atoms with van der Waals surface area (Å²) in [6.07, 6.45) is 1.42. The third-order valence-electron chi connectivity index (χ3n) is 2.29. The number of nitrogen functional groups attached to an aromatic ring is 1. The van der Waals surface area contributed by atoms with E-state index < -0.39 is 5.97 Å². The van der Waals surface area contributed by atoms with E-state index in [1.165, 1.54) is 37.2 Å². The van der Waals surface area contributed by atoms with Gasteiger partial charge in [-0.3, -0.25) is 4.79 Å². The van der Waals surface area contributed by atoms with E-state index in [0.717, 1.165) is 0 Å². The zero-order chi connectivity index (χ0) is 13.8. The molecule has 0 amide bonds. The van der Waals surface area contributed by atoms with Crippen LogP contribution in [0, 0.1) is 0 Å². The molecule has 2 rings (SSSR count). The van der Waals surface area contributed by atoms with Crippen LogP contribution in [0.2, 0.25) is 0 Å². The van der Waals surface area contributed by atoms with Crippen LogP contribution in [0.5, 0.6) is 0 Å². The predicted molar refractivity (Wildman–Crippen MR) is 71.2 cm³/mol. The molecule has 0 saturated carbocycles. The van der Waals surface area contributed by atoms with Gasteiger partial charge in [0.15, 0.2) is 5.16 Å². The van der Waals surface area contributed by atoms with Gasteiger partial charge in [-0.15, -0.1) is 0 Å². The monoisotopic (exact) mass is 277 g/mol. The van der Waals surface area contributed by atoms with Crippen LogP contribution in [0.25, 0.3) is 0 Å². The quantitative estimate of drug-likeness (QED) is 0.498. The number of H-pyrrole nitrogens is 1. The molecule has 0 bridgehead atoms. The molecule has 0 radical (unpaired) electrons. The number of carbonyl (C=O) groups is 1. The molecule has 0 aliphatic rings. The van der Waals surface area contributed by atoms with E-state index >= 15 is 0 Å². The molecular formula is C12H11N3O3S. The van der Waals surface area contributed by atoms with Gasteiger partial charge < -0.3 is 15.5 Å². The van der Waals surface area contributed by atoms with E-state index in [4.69, 9.17) is 5.73 Å². The minimum absolute atomic E-state index is 0.234. The first-order valence-corrected chi connectivity index (χ1v) is 6.13. The van der Waals surface area contributed by atoms with Crippen molar-refractivity contribution < 1.29 is 9.53 Å². The number of aromatic amines is 1.